The van der Waals surface area contributed by atoms with Gasteiger partial charge in [-0.25, -0.2) is 8.42 Å². The Labute approximate surface area is 197 Å². The summed E-state index contributed by atoms with van der Waals surface area (Å²) in [5, 5.41) is 0.405. The van der Waals surface area contributed by atoms with Gasteiger partial charge in [-0.3, -0.25) is 14.5 Å². The van der Waals surface area contributed by atoms with Crippen molar-refractivity contribution < 1.29 is 13.2 Å². The zero-order valence-corrected chi connectivity index (χ0v) is 19.5. The molecule has 2 aromatic carbocycles. The number of carbonyl (C=O) groups is 1. The van der Waals surface area contributed by atoms with Crippen LogP contribution in [0.5, 0.6) is 0 Å². The second-order valence-corrected chi connectivity index (χ2v) is 10.1. The van der Waals surface area contributed by atoms with Crippen LogP contribution in [-0.2, 0) is 10.0 Å². The maximum absolute atomic E-state index is 13.4. The molecule has 3 aromatic rings. The molecule has 0 aliphatic heterocycles. The Kier molecular flexibility index (Phi) is 6.42. The molecule has 1 N–H and O–H groups in total. The third kappa shape index (κ3) is 4.90. The topological polar surface area (TPSA) is 79.4 Å². The lowest BCUT2D eigenvalue weighted by Gasteiger charge is -2.29. The third-order valence-electron chi connectivity index (χ3n) is 5.27. The summed E-state index contributed by atoms with van der Waals surface area (Å²) in [5.74, 6) is -0.166. The summed E-state index contributed by atoms with van der Waals surface area (Å²) >= 11 is 11.8. The van der Waals surface area contributed by atoms with E-state index in [1.807, 2.05) is 30.0 Å². The summed E-state index contributed by atoms with van der Waals surface area (Å²) in [7, 11) is -3.91. The summed E-state index contributed by atoms with van der Waals surface area (Å²) in [6.07, 6.45) is 3.58. The molecule has 0 bridgehead atoms. The van der Waals surface area contributed by atoms with Gasteiger partial charge in [0, 0.05) is 23.5 Å². The molecule has 1 amide bonds. The number of benzene rings is 2. The summed E-state index contributed by atoms with van der Waals surface area (Å²) in [5.41, 5.74) is 1.49. The van der Waals surface area contributed by atoms with Crippen molar-refractivity contribution in [1.29, 1.82) is 0 Å². The largest absolute Gasteiger partial charge is 0.327 e. The van der Waals surface area contributed by atoms with E-state index in [9.17, 15) is 13.2 Å². The van der Waals surface area contributed by atoms with Crippen molar-refractivity contribution in [2.45, 2.75) is 36.7 Å². The maximum Gasteiger partial charge on any atom is 0.261 e. The standard InChI is InChI=1S/C23H21Cl2N3O3S/c1-15(22-7-2-3-12-26-22)28(18-8-9-18)23(29)16-5-4-6-17(13-16)27-32(30,31)19-10-11-20(24)21(25)14-19/h2-7,10-15,18,27H,8-9H2,1H3. The molecule has 1 aromatic heterocycles. The van der Waals surface area contributed by atoms with Gasteiger partial charge in [0.1, 0.15) is 0 Å². The van der Waals surface area contributed by atoms with E-state index in [2.05, 4.69) is 9.71 Å². The molecular formula is C23H21Cl2N3O3S. The molecule has 4 rings (SSSR count). The van der Waals surface area contributed by atoms with E-state index >= 15 is 0 Å². The number of halogens is 2. The van der Waals surface area contributed by atoms with E-state index in [0.29, 0.717) is 5.56 Å². The first-order chi connectivity index (χ1) is 15.3. The molecule has 0 radical (unpaired) electrons. The smallest absolute Gasteiger partial charge is 0.261 e. The molecule has 166 valence electrons. The van der Waals surface area contributed by atoms with Crippen molar-refractivity contribution in [1.82, 2.24) is 9.88 Å². The van der Waals surface area contributed by atoms with Crippen molar-refractivity contribution >= 4 is 44.8 Å². The molecule has 1 saturated carbocycles. The molecule has 1 aliphatic rings. The first-order valence-electron chi connectivity index (χ1n) is 10.1. The van der Waals surface area contributed by atoms with Crippen LogP contribution in [0.1, 0.15) is 41.9 Å². The second-order valence-electron chi connectivity index (χ2n) is 7.64. The zero-order chi connectivity index (χ0) is 22.9. The van der Waals surface area contributed by atoms with Crippen molar-refractivity contribution in [3.63, 3.8) is 0 Å². The fourth-order valence-electron chi connectivity index (χ4n) is 3.50. The molecule has 1 heterocycles. The average molecular weight is 490 g/mol. The van der Waals surface area contributed by atoms with Crippen LogP contribution in [0.15, 0.2) is 71.8 Å². The van der Waals surface area contributed by atoms with Crippen LogP contribution in [0.3, 0.4) is 0 Å². The van der Waals surface area contributed by atoms with E-state index < -0.39 is 10.0 Å². The van der Waals surface area contributed by atoms with Crippen LogP contribution in [0.4, 0.5) is 5.69 Å². The highest BCUT2D eigenvalue weighted by Gasteiger charge is 2.37. The number of nitrogens with one attached hydrogen (secondary N) is 1. The van der Waals surface area contributed by atoms with Gasteiger partial charge >= 0.3 is 0 Å². The van der Waals surface area contributed by atoms with Crippen molar-refractivity contribution in [2.24, 2.45) is 0 Å². The number of hydrogen-bond acceptors (Lipinski definition) is 4. The van der Waals surface area contributed by atoms with E-state index in [-0.39, 0.29) is 38.6 Å². The van der Waals surface area contributed by atoms with Gasteiger partial charge in [0.25, 0.3) is 15.9 Å². The molecular weight excluding hydrogens is 469 g/mol. The number of hydrogen-bond donors (Lipinski definition) is 1. The van der Waals surface area contributed by atoms with Gasteiger partial charge < -0.3 is 4.90 Å². The number of rotatable bonds is 7. The molecule has 6 nitrogen and oxygen atoms in total. The highest BCUT2D eigenvalue weighted by atomic mass is 35.5. The third-order valence-corrected chi connectivity index (χ3v) is 7.39. The minimum atomic E-state index is -3.91. The Morgan fingerprint density at radius 1 is 1.06 bits per heavy atom. The monoisotopic (exact) mass is 489 g/mol. The van der Waals surface area contributed by atoms with E-state index in [4.69, 9.17) is 23.2 Å². The molecule has 9 heteroatoms. The van der Waals surface area contributed by atoms with Crippen LogP contribution in [0.25, 0.3) is 0 Å². The zero-order valence-electron chi connectivity index (χ0n) is 17.2. The molecule has 1 aliphatic carbocycles. The molecule has 0 saturated heterocycles. The Morgan fingerprint density at radius 3 is 2.50 bits per heavy atom. The molecule has 1 fully saturated rings. The van der Waals surface area contributed by atoms with E-state index in [1.165, 1.54) is 24.3 Å². The van der Waals surface area contributed by atoms with Gasteiger partial charge in [-0.1, -0.05) is 35.3 Å². The van der Waals surface area contributed by atoms with Gasteiger partial charge in [-0.2, -0.15) is 0 Å². The quantitative estimate of drug-likeness (QED) is 0.471. The molecule has 1 unspecified atom stereocenters. The van der Waals surface area contributed by atoms with Crippen LogP contribution >= 0.6 is 23.2 Å². The minimum Gasteiger partial charge on any atom is -0.327 e. The summed E-state index contributed by atoms with van der Waals surface area (Å²) < 4.78 is 28.1. The predicted molar refractivity (Wildman–Crippen MR) is 126 cm³/mol. The normalized spacial score (nSPS) is 14.6. The second kappa shape index (κ2) is 9.10. The Bertz CT molecular complexity index is 1250. The van der Waals surface area contributed by atoms with E-state index in [1.54, 1.807) is 24.4 Å². The van der Waals surface area contributed by atoms with Crippen molar-refractivity contribution in [3.8, 4) is 0 Å². The van der Waals surface area contributed by atoms with Gasteiger partial charge in [-0.15, -0.1) is 0 Å². The number of sulfonamides is 1. The highest BCUT2D eigenvalue weighted by Crippen LogP contribution is 2.35. The summed E-state index contributed by atoms with van der Waals surface area (Å²) in [4.78, 5) is 19.6. The Balaban J connectivity index is 1.59. The van der Waals surface area contributed by atoms with Crippen LogP contribution in [0.2, 0.25) is 10.0 Å². The summed E-state index contributed by atoms with van der Waals surface area (Å²) in [6.45, 7) is 1.95. The molecule has 0 spiro atoms. The van der Waals surface area contributed by atoms with Crippen molar-refractivity contribution in [3.05, 3.63) is 88.2 Å². The van der Waals surface area contributed by atoms with Crippen LogP contribution in [-0.4, -0.2) is 30.3 Å². The predicted octanol–water partition coefficient (Wildman–Crippen LogP) is 5.56. The first-order valence-corrected chi connectivity index (χ1v) is 12.3. The molecule has 1 atom stereocenters. The van der Waals surface area contributed by atoms with Gasteiger partial charge in [0.15, 0.2) is 0 Å². The lowest BCUT2D eigenvalue weighted by Crippen LogP contribution is -2.36. The van der Waals surface area contributed by atoms with Gasteiger partial charge in [0.2, 0.25) is 0 Å². The van der Waals surface area contributed by atoms with Crippen LogP contribution < -0.4 is 4.72 Å². The highest BCUT2D eigenvalue weighted by molar-refractivity contribution is 7.92. The van der Waals surface area contributed by atoms with Crippen LogP contribution in [0, 0.1) is 0 Å². The van der Waals surface area contributed by atoms with Gasteiger partial charge in [0.05, 0.1) is 26.7 Å². The number of anilines is 1. The number of pyridine rings is 1. The maximum atomic E-state index is 13.4. The molecule has 32 heavy (non-hydrogen) atoms. The lowest BCUT2D eigenvalue weighted by atomic mass is 10.1. The Hall–Kier alpha value is -2.61. The SMILES string of the molecule is CC(c1ccccn1)N(C(=O)c1cccc(NS(=O)(=O)c2ccc(Cl)c(Cl)c2)c1)C1CC1. The Morgan fingerprint density at radius 2 is 1.84 bits per heavy atom. The number of carbonyl (C=O) groups excluding carboxylic acids is 1. The number of aromatic nitrogens is 1. The average Bonchev–Trinajstić information content (AvgIpc) is 3.61. The summed E-state index contributed by atoms with van der Waals surface area (Å²) in [6, 6.07) is 16.1. The van der Waals surface area contributed by atoms with Crippen molar-refractivity contribution in [2.75, 3.05) is 4.72 Å². The fraction of sp³-hybridized carbons (Fsp3) is 0.217. The van der Waals surface area contributed by atoms with Gasteiger partial charge in [-0.05, 0) is 68.3 Å². The number of nitrogens with zero attached hydrogens (tertiary/aromatic N) is 2. The lowest BCUT2D eigenvalue weighted by molar-refractivity contribution is 0.0670. The first kappa shape index (κ1) is 22.6. The van der Waals surface area contributed by atoms with E-state index in [0.717, 1.165) is 18.5 Å². The number of amides is 1. The minimum absolute atomic E-state index is 0.0213. The fourth-order valence-corrected chi connectivity index (χ4v) is 4.94.